The molecule has 0 saturated heterocycles. The first kappa shape index (κ1) is 15.0. The third kappa shape index (κ3) is 3.58. The van der Waals surface area contributed by atoms with Gasteiger partial charge >= 0.3 is 5.97 Å². The molecule has 0 spiro atoms. The molecule has 3 N–H and O–H groups in total. The molecular formula is C16H23NO3. The van der Waals surface area contributed by atoms with E-state index in [4.69, 9.17) is 10.5 Å². The summed E-state index contributed by atoms with van der Waals surface area (Å²) in [4.78, 5) is 11.5. The Kier molecular flexibility index (Phi) is 5.15. The van der Waals surface area contributed by atoms with Crippen molar-refractivity contribution < 1.29 is 14.6 Å². The van der Waals surface area contributed by atoms with E-state index >= 15 is 0 Å². The minimum atomic E-state index is -1.46. The summed E-state index contributed by atoms with van der Waals surface area (Å²) in [7, 11) is 0. The summed E-state index contributed by atoms with van der Waals surface area (Å²) in [5.74, 6) is -0.495. The van der Waals surface area contributed by atoms with E-state index in [0.29, 0.717) is 18.1 Å². The van der Waals surface area contributed by atoms with Crippen LogP contribution >= 0.6 is 0 Å². The van der Waals surface area contributed by atoms with E-state index in [-0.39, 0.29) is 6.61 Å². The van der Waals surface area contributed by atoms with Crippen LogP contribution in [-0.4, -0.2) is 24.3 Å². The minimum Gasteiger partial charge on any atom is -0.480 e. The van der Waals surface area contributed by atoms with Crippen molar-refractivity contribution in [3.8, 4) is 0 Å². The van der Waals surface area contributed by atoms with Crippen LogP contribution in [-0.2, 0) is 15.1 Å². The molecule has 1 aromatic rings. The average molecular weight is 277 g/mol. The van der Waals surface area contributed by atoms with E-state index in [9.17, 15) is 9.90 Å². The van der Waals surface area contributed by atoms with Gasteiger partial charge in [-0.05, 0) is 24.3 Å². The number of benzene rings is 1. The number of hydrogen-bond acceptors (Lipinski definition) is 3. The quantitative estimate of drug-likeness (QED) is 0.838. The molecule has 1 aliphatic carbocycles. The average Bonchev–Trinajstić information content (AvgIpc) is 2.49. The van der Waals surface area contributed by atoms with Gasteiger partial charge in [0, 0.05) is 6.61 Å². The van der Waals surface area contributed by atoms with Crippen LogP contribution in [0.3, 0.4) is 0 Å². The molecule has 4 heteroatoms. The smallest absolute Gasteiger partial charge is 0.330 e. The van der Waals surface area contributed by atoms with Crippen LogP contribution in [0.5, 0.6) is 0 Å². The van der Waals surface area contributed by atoms with Gasteiger partial charge in [-0.2, -0.15) is 0 Å². The third-order valence-corrected chi connectivity index (χ3v) is 4.08. The molecule has 1 fully saturated rings. The molecule has 1 saturated carbocycles. The standard InChI is InChI=1S/C16H23NO3/c17-16(15(18)19,14-9-5-2-6-10-14)12-20-11-13-7-3-1-4-8-13/h2,5-6,9-10,13H,1,3-4,7-8,11-12,17H2,(H,18,19). The summed E-state index contributed by atoms with van der Waals surface area (Å²) >= 11 is 0. The summed E-state index contributed by atoms with van der Waals surface area (Å²) in [6.07, 6.45) is 6.15. The van der Waals surface area contributed by atoms with Gasteiger partial charge in [0.25, 0.3) is 0 Å². The summed E-state index contributed by atoms with van der Waals surface area (Å²) in [5, 5.41) is 9.42. The molecule has 0 bridgehead atoms. The van der Waals surface area contributed by atoms with E-state index < -0.39 is 11.5 Å². The Morgan fingerprint density at radius 3 is 2.50 bits per heavy atom. The number of carboxylic acid groups (broad SMARTS) is 1. The van der Waals surface area contributed by atoms with Crippen LogP contribution in [0.25, 0.3) is 0 Å². The molecule has 0 aromatic heterocycles. The monoisotopic (exact) mass is 277 g/mol. The van der Waals surface area contributed by atoms with Gasteiger partial charge in [0.1, 0.15) is 0 Å². The normalized spacial score (nSPS) is 19.4. The van der Waals surface area contributed by atoms with Crippen molar-refractivity contribution in [1.82, 2.24) is 0 Å². The number of nitrogens with two attached hydrogens (primary N) is 1. The lowest BCUT2D eigenvalue weighted by Crippen LogP contribution is -2.49. The highest BCUT2D eigenvalue weighted by Gasteiger charge is 2.36. The van der Waals surface area contributed by atoms with Crippen LogP contribution < -0.4 is 5.73 Å². The lowest BCUT2D eigenvalue weighted by atomic mass is 9.89. The number of hydrogen-bond donors (Lipinski definition) is 2. The molecule has 0 aliphatic heterocycles. The first-order valence-electron chi connectivity index (χ1n) is 7.28. The second-order valence-electron chi connectivity index (χ2n) is 5.66. The van der Waals surface area contributed by atoms with Gasteiger partial charge in [-0.25, -0.2) is 4.79 Å². The van der Waals surface area contributed by atoms with Crippen LogP contribution in [0.2, 0.25) is 0 Å². The fourth-order valence-corrected chi connectivity index (χ4v) is 2.74. The van der Waals surface area contributed by atoms with Crippen LogP contribution in [0.4, 0.5) is 0 Å². The zero-order chi connectivity index (χ0) is 14.4. The first-order valence-corrected chi connectivity index (χ1v) is 7.28. The van der Waals surface area contributed by atoms with Crippen molar-refractivity contribution in [3.63, 3.8) is 0 Å². The van der Waals surface area contributed by atoms with Crippen molar-refractivity contribution in [3.05, 3.63) is 35.9 Å². The highest BCUT2D eigenvalue weighted by Crippen LogP contribution is 2.25. The maximum absolute atomic E-state index is 11.5. The lowest BCUT2D eigenvalue weighted by molar-refractivity contribution is -0.146. The molecule has 0 radical (unpaired) electrons. The Morgan fingerprint density at radius 2 is 1.90 bits per heavy atom. The van der Waals surface area contributed by atoms with Crippen LogP contribution in [0.1, 0.15) is 37.7 Å². The van der Waals surface area contributed by atoms with Gasteiger partial charge in [0.2, 0.25) is 0 Å². The SMILES string of the molecule is NC(COCC1CCCCC1)(C(=O)O)c1ccccc1. The lowest BCUT2D eigenvalue weighted by Gasteiger charge is -2.27. The summed E-state index contributed by atoms with van der Waals surface area (Å²) < 4.78 is 5.65. The number of aliphatic carboxylic acids is 1. The van der Waals surface area contributed by atoms with Crippen molar-refractivity contribution >= 4 is 5.97 Å². The molecule has 1 atom stereocenters. The molecule has 1 aromatic carbocycles. The fourth-order valence-electron chi connectivity index (χ4n) is 2.74. The van der Waals surface area contributed by atoms with Crippen molar-refractivity contribution in [2.24, 2.45) is 11.7 Å². The van der Waals surface area contributed by atoms with Crippen molar-refractivity contribution in [2.75, 3.05) is 13.2 Å². The Hall–Kier alpha value is -1.39. The maximum Gasteiger partial charge on any atom is 0.330 e. The first-order chi connectivity index (χ1) is 9.63. The van der Waals surface area contributed by atoms with Gasteiger partial charge in [0.15, 0.2) is 5.54 Å². The molecule has 1 aliphatic rings. The molecule has 1 unspecified atom stereocenters. The summed E-state index contributed by atoms with van der Waals surface area (Å²) in [6, 6.07) is 8.90. The predicted octanol–water partition coefficient (Wildman–Crippen LogP) is 2.52. The second kappa shape index (κ2) is 6.86. The maximum atomic E-state index is 11.5. The van der Waals surface area contributed by atoms with Crippen molar-refractivity contribution in [1.29, 1.82) is 0 Å². The Labute approximate surface area is 119 Å². The number of carboxylic acids is 1. The number of carbonyl (C=O) groups is 1. The van der Waals surface area contributed by atoms with Gasteiger partial charge in [-0.1, -0.05) is 49.6 Å². The van der Waals surface area contributed by atoms with Crippen LogP contribution in [0.15, 0.2) is 30.3 Å². The molecule has 0 heterocycles. The highest BCUT2D eigenvalue weighted by atomic mass is 16.5. The zero-order valence-corrected chi connectivity index (χ0v) is 11.8. The largest absolute Gasteiger partial charge is 0.480 e. The summed E-state index contributed by atoms with van der Waals surface area (Å²) in [6.45, 7) is 0.627. The molecule has 0 amide bonds. The highest BCUT2D eigenvalue weighted by molar-refractivity contribution is 5.80. The minimum absolute atomic E-state index is 0.0167. The molecule has 2 rings (SSSR count). The Balaban J connectivity index is 1.94. The molecule has 4 nitrogen and oxygen atoms in total. The van der Waals surface area contributed by atoms with Crippen LogP contribution in [0, 0.1) is 5.92 Å². The number of rotatable bonds is 6. The topological polar surface area (TPSA) is 72.5 Å². The van der Waals surface area contributed by atoms with Crippen molar-refractivity contribution in [2.45, 2.75) is 37.6 Å². The molecule has 20 heavy (non-hydrogen) atoms. The molecular weight excluding hydrogens is 254 g/mol. The van der Waals surface area contributed by atoms with E-state index in [2.05, 4.69) is 0 Å². The summed E-state index contributed by atoms with van der Waals surface area (Å²) in [5.41, 5.74) is 5.17. The predicted molar refractivity (Wildman–Crippen MR) is 77.3 cm³/mol. The van der Waals surface area contributed by atoms with E-state index in [1.807, 2.05) is 6.07 Å². The van der Waals surface area contributed by atoms with E-state index in [1.54, 1.807) is 24.3 Å². The molecule has 110 valence electrons. The fraction of sp³-hybridized carbons (Fsp3) is 0.562. The second-order valence-corrected chi connectivity index (χ2v) is 5.66. The van der Waals surface area contributed by atoms with Gasteiger partial charge in [-0.3, -0.25) is 0 Å². The van der Waals surface area contributed by atoms with E-state index in [1.165, 1.54) is 32.1 Å². The van der Waals surface area contributed by atoms with Gasteiger partial charge in [-0.15, -0.1) is 0 Å². The number of ether oxygens (including phenoxy) is 1. The van der Waals surface area contributed by atoms with Gasteiger partial charge < -0.3 is 15.6 Å². The zero-order valence-electron chi connectivity index (χ0n) is 11.8. The van der Waals surface area contributed by atoms with Gasteiger partial charge in [0.05, 0.1) is 6.61 Å². The Bertz CT molecular complexity index is 429. The van der Waals surface area contributed by atoms with E-state index in [0.717, 1.165) is 0 Å². The Morgan fingerprint density at radius 1 is 1.25 bits per heavy atom. The third-order valence-electron chi connectivity index (χ3n) is 4.08.